The number of fused-ring (bicyclic) bond motifs is 1. The van der Waals surface area contributed by atoms with Gasteiger partial charge in [-0.25, -0.2) is 9.18 Å². The molecule has 1 heterocycles. The predicted molar refractivity (Wildman–Crippen MR) is 122 cm³/mol. The Hall–Kier alpha value is -2.88. The van der Waals surface area contributed by atoms with E-state index in [-0.39, 0.29) is 41.4 Å². The topological polar surface area (TPSA) is 111 Å². The molecule has 33 heavy (non-hydrogen) atoms. The van der Waals surface area contributed by atoms with Gasteiger partial charge in [0.2, 0.25) is 0 Å². The maximum absolute atomic E-state index is 14.5. The van der Waals surface area contributed by atoms with E-state index in [0.29, 0.717) is 4.70 Å². The molecule has 0 saturated heterocycles. The zero-order chi connectivity index (χ0) is 24.9. The number of ketones is 1. The van der Waals surface area contributed by atoms with Gasteiger partial charge in [-0.05, 0) is 39.7 Å². The Morgan fingerprint density at radius 3 is 2.48 bits per heavy atom. The molecule has 2 N–H and O–H groups in total. The molecule has 2 atom stereocenters. The summed E-state index contributed by atoms with van der Waals surface area (Å²) in [5, 5.41) is 12.6. The van der Waals surface area contributed by atoms with Crippen molar-refractivity contribution in [2.24, 2.45) is 11.8 Å². The second-order valence-corrected chi connectivity index (χ2v) is 9.69. The highest BCUT2D eigenvalue weighted by molar-refractivity contribution is 7.20. The van der Waals surface area contributed by atoms with Gasteiger partial charge in [0, 0.05) is 29.1 Å². The number of halogens is 1. The summed E-state index contributed by atoms with van der Waals surface area (Å²) in [7, 11) is 1.30. The van der Waals surface area contributed by atoms with Crippen molar-refractivity contribution < 1.29 is 38.1 Å². The summed E-state index contributed by atoms with van der Waals surface area (Å²) < 4.78 is 30.2. The highest BCUT2D eigenvalue weighted by Gasteiger charge is 2.31. The first-order valence-corrected chi connectivity index (χ1v) is 11.3. The molecule has 182 valence electrons. The van der Waals surface area contributed by atoms with E-state index in [9.17, 15) is 23.9 Å². The number of phenols is 1. The Bertz CT molecular complexity index is 1030. The lowest BCUT2D eigenvalue weighted by Crippen LogP contribution is -2.38. The molecule has 1 aromatic heterocycles. The number of rotatable bonds is 9. The number of alkyl carbamates (subject to hydrolysis) is 1. The third-order valence-electron chi connectivity index (χ3n) is 4.84. The third kappa shape index (κ3) is 6.80. The van der Waals surface area contributed by atoms with E-state index in [2.05, 4.69) is 5.32 Å². The number of hydrogen-bond donors (Lipinski definition) is 2. The monoisotopic (exact) mass is 483 g/mol. The molecular formula is C23H30FNO7S. The first-order chi connectivity index (χ1) is 15.4. The van der Waals surface area contributed by atoms with Gasteiger partial charge in [-0.3, -0.25) is 9.59 Å². The fourth-order valence-corrected chi connectivity index (χ4v) is 4.20. The van der Waals surface area contributed by atoms with E-state index in [1.54, 1.807) is 34.6 Å². The highest BCUT2D eigenvalue weighted by atomic mass is 32.1. The van der Waals surface area contributed by atoms with Crippen LogP contribution >= 0.6 is 11.3 Å². The van der Waals surface area contributed by atoms with E-state index in [1.165, 1.54) is 19.2 Å². The van der Waals surface area contributed by atoms with E-state index < -0.39 is 41.1 Å². The summed E-state index contributed by atoms with van der Waals surface area (Å²) in [6.07, 6.45) is -0.815. The minimum atomic E-state index is -0.878. The second-order valence-electron chi connectivity index (χ2n) is 8.61. The van der Waals surface area contributed by atoms with Gasteiger partial charge in [0.05, 0.1) is 24.5 Å². The number of benzene rings is 1. The molecule has 8 nitrogen and oxygen atoms in total. The van der Waals surface area contributed by atoms with Crippen LogP contribution in [0.15, 0.2) is 12.1 Å². The van der Waals surface area contributed by atoms with Gasteiger partial charge in [-0.2, -0.15) is 0 Å². The number of phenolic OH excluding ortho intramolecular Hbond substituents is 1. The number of amides is 1. The standard InChI is InChI=1S/C23H30FNO7S/c1-7-31-21(28)13(12(2)11-25-22(29)32-23(3,4)5)8-15(26)18-9-14-17(33-18)10-16(30-6)20(27)19(14)24/h9-10,12-13,27H,7-8,11H2,1-6H3,(H,25,29)/t12?,13-/m0/s1. The van der Waals surface area contributed by atoms with Crippen molar-refractivity contribution in [1.82, 2.24) is 5.32 Å². The summed E-state index contributed by atoms with van der Waals surface area (Å²) in [6, 6.07) is 2.80. The van der Waals surface area contributed by atoms with Crippen LogP contribution in [0.1, 0.15) is 50.7 Å². The maximum Gasteiger partial charge on any atom is 0.407 e. The molecule has 2 aromatic rings. The fraction of sp³-hybridized carbons (Fsp3) is 0.522. The number of Topliss-reactive ketones (excluding diaryl/α,β-unsaturated/α-hetero) is 1. The quantitative estimate of drug-likeness (QED) is 0.394. The Balaban J connectivity index is 2.20. The molecule has 1 aromatic carbocycles. The molecule has 10 heteroatoms. The average molecular weight is 484 g/mol. The van der Waals surface area contributed by atoms with Crippen LogP contribution in [0.5, 0.6) is 11.5 Å². The van der Waals surface area contributed by atoms with Crippen molar-refractivity contribution in [3.63, 3.8) is 0 Å². The summed E-state index contributed by atoms with van der Waals surface area (Å²) in [5.74, 6) is -3.75. The lowest BCUT2D eigenvalue weighted by molar-refractivity contribution is -0.149. The van der Waals surface area contributed by atoms with Gasteiger partial charge in [0.1, 0.15) is 5.60 Å². The number of thiophene rings is 1. The summed E-state index contributed by atoms with van der Waals surface area (Å²) in [4.78, 5) is 37.7. The molecule has 0 bridgehead atoms. The van der Waals surface area contributed by atoms with Crippen LogP contribution in [0, 0.1) is 17.7 Å². The molecule has 2 rings (SSSR count). The lowest BCUT2D eigenvalue weighted by Gasteiger charge is -2.24. The van der Waals surface area contributed by atoms with E-state index in [0.717, 1.165) is 11.3 Å². The van der Waals surface area contributed by atoms with Crippen LogP contribution in [0.3, 0.4) is 0 Å². The van der Waals surface area contributed by atoms with Crippen LogP contribution < -0.4 is 10.1 Å². The Kier molecular flexibility index (Phi) is 8.65. The Labute approximate surface area is 196 Å². The number of carbonyl (C=O) groups is 3. The fourth-order valence-electron chi connectivity index (χ4n) is 3.17. The Morgan fingerprint density at radius 1 is 1.24 bits per heavy atom. The smallest absolute Gasteiger partial charge is 0.407 e. The number of aromatic hydroxyl groups is 1. The molecule has 0 fully saturated rings. The maximum atomic E-state index is 14.5. The van der Waals surface area contributed by atoms with Crippen molar-refractivity contribution in [3.8, 4) is 11.5 Å². The minimum Gasteiger partial charge on any atom is -0.502 e. The van der Waals surface area contributed by atoms with Crippen LogP contribution in [0.25, 0.3) is 10.1 Å². The first kappa shape index (κ1) is 26.4. The average Bonchev–Trinajstić information content (AvgIpc) is 3.16. The molecule has 0 aliphatic rings. The molecule has 0 radical (unpaired) electrons. The minimum absolute atomic E-state index is 0.0351. The van der Waals surface area contributed by atoms with Gasteiger partial charge in [-0.15, -0.1) is 11.3 Å². The molecule has 0 spiro atoms. The summed E-state index contributed by atoms with van der Waals surface area (Å²) in [6.45, 7) is 8.83. The normalized spacial score (nSPS) is 13.3. The zero-order valence-electron chi connectivity index (χ0n) is 19.6. The Morgan fingerprint density at radius 2 is 1.91 bits per heavy atom. The van der Waals surface area contributed by atoms with E-state index in [1.807, 2.05) is 0 Å². The number of carbonyl (C=O) groups excluding carboxylic acids is 3. The molecule has 0 aliphatic heterocycles. The van der Waals surface area contributed by atoms with Gasteiger partial charge in [0.15, 0.2) is 23.1 Å². The van der Waals surface area contributed by atoms with Crippen molar-refractivity contribution in [1.29, 1.82) is 0 Å². The number of nitrogens with one attached hydrogen (secondary N) is 1. The van der Waals surface area contributed by atoms with Crippen LogP contribution in [-0.4, -0.2) is 48.8 Å². The molecule has 1 unspecified atom stereocenters. The van der Waals surface area contributed by atoms with Crippen molar-refractivity contribution in [2.75, 3.05) is 20.3 Å². The number of esters is 1. The summed E-state index contributed by atoms with van der Waals surface area (Å²) in [5.41, 5.74) is -0.669. The van der Waals surface area contributed by atoms with Crippen molar-refractivity contribution in [2.45, 2.75) is 46.6 Å². The van der Waals surface area contributed by atoms with Gasteiger partial charge >= 0.3 is 12.1 Å². The SMILES string of the molecule is CCOC(=O)[C@@H](CC(=O)c1cc2c(F)c(O)c(OC)cc2s1)C(C)CNC(=O)OC(C)(C)C. The third-order valence-corrected chi connectivity index (χ3v) is 5.97. The molecule has 0 aliphatic carbocycles. The lowest BCUT2D eigenvalue weighted by atomic mass is 9.88. The zero-order valence-corrected chi connectivity index (χ0v) is 20.4. The van der Waals surface area contributed by atoms with Gasteiger partial charge in [-0.1, -0.05) is 6.92 Å². The van der Waals surface area contributed by atoms with E-state index >= 15 is 0 Å². The molecule has 0 saturated carbocycles. The molecule has 1 amide bonds. The largest absolute Gasteiger partial charge is 0.502 e. The second kappa shape index (κ2) is 10.8. The first-order valence-electron chi connectivity index (χ1n) is 10.5. The number of hydrogen-bond acceptors (Lipinski definition) is 8. The molecular weight excluding hydrogens is 453 g/mol. The van der Waals surface area contributed by atoms with Crippen LogP contribution in [0.2, 0.25) is 0 Å². The van der Waals surface area contributed by atoms with Crippen molar-refractivity contribution in [3.05, 3.63) is 22.8 Å². The van der Waals surface area contributed by atoms with Gasteiger partial charge in [0.25, 0.3) is 0 Å². The predicted octanol–water partition coefficient (Wildman–Crippen LogP) is 4.67. The van der Waals surface area contributed by atoms with E-state index in [4.69, 9.17) is 14.2 Å². The van der Waals surface area contributed by atoms with Crippen LogP contribution in [0.4, 0.5) is 9.18 Å². The van der Waals surface area contributed by atoms with Crippen molar-refractivity contribution >= 4 is 39.3 Å². The summed E-state index contributed by atoms with van der Waals surface area (Å²) >= 11 is 1.04. The number of ether oxygens (including phenoxy) is 3. The van der Waals surface area contributed by atoms with Gasteiger partial charge < -0.3 is 24.6 Å². The number of methoxy groups -OCH3 is 1. The highest BCUT2D eigenvalue weighted by Crippen LogP contribution is 2.39. The van der Waals surface area contributed by atoms with Crippen LogP contribution in [-0.2, 0) is 14.3 Å².